The number of allylic oxidation sites excluding steroid dienone is 3. The Bertz CT molecular complexity index is 706. The summed E-state index contributed by atoms with van der Waals surface area (Å²) in [5, 5.41) is 0. The van der Waals surface area contributed by atoms with Crippen LogP contribution in [0, 0.1) is 10.8 Å². The molecular formula is C21H28Br2O8. The van der Waals surface area contributed by atoms with Crippen LogP contribution in [0.3, 0.4) is 0 Å². The molecule has 0 unspecified atom stereocenters. The van der Waals surface area contributed by atoms with Gasteiger partial charge in [-0.15, -0.1) is 13.2 Å². The van der Waals surface area contributed by atoms with Crippen LogP contribution >= 0.6 is 31.9 Å². The van der Waals surface area contributed by atoms with E-state index in [-0.39, 0.29) is 25.7 Å². The number of methoxy groups -OCH3 is 4. The molecule has 31 heavy (non-hydrogen) atoms. The lowest BCUT2D eigenvalue weighted by molar-refractivity contribution is -0.169. The lowest BCUT2D eigenvalue weighted by Gasteiger charge is -2.33. The van der Waals surface area contributed by atoms with Crippen molar-refractivity contribution in [3.05, 3.63) is 34.3 Å². The van der Waals surface area contributed by atoms with E-state index in [0.29, 0.717) is 15.4 Å². The maximum absolute atomic E-state index is 12.8. The van der Waals surface area contributed by atoms with Crippen molar-refractivity contribution in [2.45, 2.75) is 32.1 Å². The number of carbonyl (C=O) groups excluding carboxylic acids is 4. The minimum Gasteiger partial charge on any atom is -0.468 e. The molecule has 0 atom stereocenters. The molecule has 174 valence electrons. The van der Waals surface area contributed by atoms with Gasteiger partial charge in [-0.05, 0) is 69.5 Å². The van der Waals surface area contributed by atoms with E-state index < -0.39 is 34.7 Å². The Morgan fingerprint density at radius 2 is 1.13 bits per heavy atom. The third-order valence-electron chi connectivity index (χ3n) is 4.87. The minimum absolute atomic E-state index is 0.0392. The second kappa shape index (κ2) is 13.5. The van der Waals surface area contributed by atoms with Gasteiger partial charge in [0.1, 0.15) is 0 Å². The third kappa shape index (κ3) is 6.77. The predicted molar refractivity (Wildman–Crippen MR) is 121 cm³/mol. The van der Waals surface area contributed by atoms with Gasteiger partial charge in [-0.25, -0.2) is 0 Å². The fourth-order valence-corrected chi connectivity index (χ4v) is 3.85. The summed E-state index contributed by atoms with van der Waals surface area (Å²) >= 11 is 6.58. The zero-order chi connectivity index (χ0) is 24.2. The topological polar surface area (TPSA) is 105 Å². The van der Waals surface area contributed by atoms with Crippen molar-refractivity contribution in [3.63, 3.8) is 0 Å². The molecule has 0 aliphatic carbocycles. The molecule has 0 bridgehead atoms. The lowest BCUT2D eigenvalue weighted by atomic mass is 9.72. The van der Waals surface area contributed by atoms with E-state index in [0.717, 1.165) is 28.4 Å². The van der Waals surface area contributed by atoms with Crippen LogP contribution in [0.25, 0.3) is 0 Å². The summed E-state index contributed by atoms with van der Waals surface area (Å²) in [7, 11) is 4.61. The van der Waals surface area contributed by atoms with Gasteiger partial charge in [0.2, 0.25) is 0 Å². The van der Waals surface area contributed by atoms with Crippen molar-refractivity contribution < 1.29 is 38.1 Å². The van der Waals surface area contributed by atoms with Gasteiger partial charge in [-0.3, -0.25) is 19.2 Å². The summed E-state index contributed by atoms with van der Waals surface area (Å²) in [4.78, 5) is 50.9. The highest BCUT2D eigenvalue weighted by Crippen LogP contribution is 2.44. The van der Waals surface area contributed by atoms with E-state index in [2.05, 4.69) is 45.0 Å². The van der Waals surface area contributed by atoms with Crippen LogP contribution < -0.4 is 0 Å². The van der Waals surface area contributed by atoms with Crippen molar-refractivity contribution in [1.29, 1.82) is 0 Å². The molecule has 0 rings (SSSR count). The number of halogens is 2. The second-order valence-electron chi connectivity index (χ2n) is 6.67. The quantitative estimate of drug-likeness (QED) is 0.142. The SMILES string of the molecule is C=CCCC(CC(CC(CC=C)(C(=O)OC)C(=O)OC)=C(Br)Br)(C(=O)OC)C(=O)OC. The minimum atomic E-state index is -1.77. The predicted octanol–water partition coefficient (Wildman–Crippen LogP) is 3.98. The van der Waals surface area contributed by atoms with Crippen LogP contribution in [-0.2, 0) is 38.1 Å². The smallest absolute Gasteiger partial charge is 0.323 e. The summed E-state index contributed by atoms with van der Waals surface area (Å²) in [5.74, 6) is -3.31. The monoisotopic (exact) mass is 566 g/mol. The molecule has 0 radical (unpaired) electrons. The number of rotatable bonds is 13. The van der Waals surface area contributed by atoms with Crippen LogP contribution in [0.2, 0.25) is 0 Å². The Kier molecular flexibility index (Phi) is 12.6. The molecule has 0 aromatic carbocycles. The fraction of sp³-hybridized carbons (Fsp3) is 0.524. The molecule has 10 heteroatoms. The molecule has 0 N–H and O–H groups in total. The largest absolute Gasteiger partial charge is 0.468 e. The second-order valence-corrected chi connectivity index (χ2v) is 9.32. The Labute approximate surface area is 199 Å². The van der Waals surface area contributed by atoms with Crippen LogP contribution in [0.15, 0.2) is 34.3 Å². The molecule has 0 aromatic heterocycles. The molecule has 0 aromatic rings. The zero-order valence-corrected chi connectivity index (χ0v) is 21.3. The summed E-state index contributed by atoms with van der Waals surface area (Å²) in [6.45, 7) is 7.25. The normalized spacial score (nSPS) is 11.0. The first kappa shape index (κ1) is 29.1. The summed E-state index contributed by atoms with van der Waals surface area (Å²) in [5.41, 5.74) is -3.15. The summed E-state index contributed by atoms with van der Waals surface area (Å²) in [6, 6.07) is 0. The Morgan fingerprint density at radius 1 is 0.742 bits per heavy atom. The van der Waals surface area contributed by atoms with Gasteiger partial charge in [-0.1, -0.05) is 12.2 Å². The van der Waals surface area contributed by atoms with Crippen LogP contribution in [0.1, 0.15) is 32.1 Å². The van der Waals surface area contributed by atoms with Gasteiger partial charge in [0, 0.05) is 0 Å². The maximum atomic E-state index is 12.8. The highest BCUT2D eigenvalue weighted by atomic mass is 79.9. The average Bonchev–Trinajstić information content (AvgIpc) is 2.77. The number of hydrogen-bond acceptors (Lipinski definition) is 8. The molecule has 0 saturated heterocycles. The van der Waals surface area contributed by atoms with Crippen LogP contribution in [0.4, 0.5) is 0 Å². The molecule has 0 spiro atoms. The first-order valence-corrected chi connectivity index (χ1v) is 10.7. The molecule has 0 heterocycles. The summed E-state index contributed by atoms with van der Waals surface area (Å²) in [6.07, 6.45) is 2.75. The van der Waals surface area contributed by atoms with E-state index in [4.69, 9.17) is 18.9 Å². The van der Waals surface area contributed by atoms with Crippen molar-refractivity contribution in [2.75, 3.05) is 28.4 Å². The Morgan fingerprint density at radius 3 is 1.45 bits per heavy atom. The first-order chi connectivity index (χ1) is 14.6. The molecule has 0 fully saturated rings. The molecule has 0 amide bonds. The van der Waals surface area contributed by atoms with E-state index in [9.17, 15) is 19.2 Å². The van der Waals surface area contributed by atoms with E-state index in [1.165, 1.54) is 6.08 Å². The average molecular weight is 568 g/mol. The van der Waals surface area contributed by atoms with Gasteiger partial charge in [-0.2, -0.15) is 0 Å². The number of carbonyl (C=O) groups is 4. The molecule has 0 aliphatic heterocycles. The van der Waals surface area contributed by atoms with Gasteiger partial charge >= 0.3 is 23.9 Å². The van der Waals surface area contributed by atoms with Gasteiger partial charge in [0.25, 0.3) is 0 Å². The molecule has 0 saturated carbocycles. The molecular weight excluding hydrogens is 540 g/mol. The van der Waals surface area contributed by atoms with E-state index in [1.54, 1.807) is 6.08 Å². The number of ether oxygens (including phenoxy) is 4. The molecule has 0 aliphatic rings. The first-order valence-electron chi connectivity index (χ1n) is 9.15. The highest BCUT2D eigenvalue weighted by molar-refractivity contribution is 9.28. The zero-order valence-electron chi connectivity index (χ0n) is 18.1. The lowest BCUT2D eigenvalue weighted by Crippen LogP contribution is -2.44. The van der Waals surface area contributed by atoms with Crippen LogP contribution in [-0.4, -0.2) is 52.3 Å². The van der Waals surface area contributed by atoms with Crippen molar-refractivity contribution >= 4 is 55.7 Å². The number of esters is 4. The van der Waals surface area contributed by atoms with Crippen LogP contribution in [0.5, 0.6) is 0 Å². The van der Waals surface area contributed by atoms with Crippen molar-refractivity contribution in [2.24, 2.45) is 10.8 Å². The highest BCUT2D eigenvalue weighted by Gasteiger charge is 2.52. The fourth-order valence-electron chi connectivity index (χ4n) is 3.29. The Balaban J connectivity index is 6.66. The van der Waals surface area contributed by atoms with Crippen molar-refractivity contribution in [1.82, 2.24) is 0 Å². The maximum Gasteiger partial charge on any atom is 0.323 e. The standard InChI is InChI=1S/C21H28Br2O8/c1-7-9-11-21(18(26)30-5,19(27)31-6)13-14(15(22)23)12-20(10-8-2,16(24)28-3)17(25)29-4/h7-8H,1-2,9-13H2,3-6H3. The van der Waals surface area contributed by atoms with Gasteiger partial charge < -0.3 is 18.9 Å². The third-order valence-corrected chi connectivity index (χ3v) is 5.99. The molecule has 8 nitrogen and oxygen atoms in total. The summed E-state index contributed by atoms with van der Waals surface area (Å²) < 4.78 is 19.9. The van der Waals surface area contributed by atoms with Gasteiger partial charge in [0.15, 0.2) is 10.8 Å². The van der Waals surface area contributed by atoms with Gasteiger partial charge in [0.05, 0.1) is 31.8 Å². The van der Waals surface area contributed by atoms with E-state index in [1.807, 2.05) is 0 Å². The number of hydrogen-bond donors (Lipinski definition) is 0. The van der Waals surface area contributed by atoms with E-state index >= 15 is 0 Å². The van der Waals surface area contributed by atoms with Crippen molar-refractivity contribution in [3.8, 4) is 0 Å². The Hall–Kier alpha value is -1.94.